The summed E-state index contributed by atoms with van der Waals surface area (Å²) in [5.74, 6) is 0. The molecule has 0 atom stereocenters. The molecule has 0 aliphatic carbocycles. The van der Waals surface area contributed by atoms with Gasteiger partial charge in [-0.3, -0.25) is 9.71 Å². The Morgan fingerprint density at radius 1 is 1.42 bits per heavy atom. The van der Waals surface area contributed by atoms with Gasteiger partial charge in [0.1, 0.15) is 0 Å². The van der Waals surface area contributed by atoms with Crippen molar-refractivity contribution in [2.24, 2.45) is 0 Å². The van der Waals surface area contributed by atoms with Crippen molar-refractivity contribution >= 4 is 10.2 Å². The van der Waals surface area contributed by atoms with Crippen molar-refractivity contribution < 1.29 is 0 Å². The molecule has 1 aromatic rings. The first-order valence-electron chi connectivity index (χ1n) is 3.90. The average Bonchev–Trinajstić information content (AvgIpc) is 2.02. The zero-order valence-corrected chi connectivity index (χ0v) is 8.69. The Kier molecular flexibility index (Phi) is 3.12. The summed E-state index contributed by atoms with van der Waals surface area (Å²) in [6, 6.07) is 4.06. The number of hydrogen-bond donors (Lipinski definition) is 1. The smallest absolute Gasteiger partial charge is 0.0313 e. The van der Waals surface area contributed by atoms with Crippen LogP contribution < -0.4 is 4.72 Å². The van der Waals surface area contributed by atoms with Crippen molar-refractivity contribution in [2.75, 3.05) is 18.8 Å². The van der Waals surface area contributed by atoms with Gasteiger partial charge >= 0.3 is 0 Å². The van der Waals surface area contributed by atoms with Gasteiger partial charge in [0.2, 0.25) is 0 Å². The molecule has 0 radical (unpaired) electrons. The van der Waals surface area contributed by atoms with E-state index in [2.05, 4.69) is 34.5 Å². The quantitative estimate of drug-likeness (QED) is 0.774. The van der Waals surface area contributed by atoms with E-state index in [0.717, 1.165) is 6.54 Å². The maximum Gasteiger partial charge on any atom is 0.0313 e. The second kappa shape index (κ2) is 3.92. The summed E-state index contributed by atoms with van der Waals surface area (Å²) < 4.78 is 3.48. The fourth-order valence-electron chi connectivity index (χ4n) is 0.803. The molecule has 2 nitrogen and oxygen atoms in total. The molecule has 0 saturated carbocycles. The maximum atomic E-state index is 4.05. The Morgan fingerprint density at radius 3 is 2.67 bits per heavy atom. The monoisotopic (exact) mass is 184 g/mol. The minimum absolute atomic E-state index is 0.600. The number of hydrogen-bond acceptors (Lipinski definition) is 2. The highest BCUT2D eigenvalue weighted by Gasteiger charge is 2.01. The van der Waals surface area contributed by atoms with Crippen LogP contribution in [0.2, 0.25) is 0 Å². The molecule has 1 heterocycles. The van der Waals surface area contributed by atoms with E-state index in [9.17, 15) is 0 Å². The van der Waals surface area contributed by atoms with Crippen LogP contribution in [0.1, 0.15) is 5.56 Å². The summed E-state index contributed by atoms with van der Waals surface area (Å²) in [5.41, 5.74) is 1.25. The summed E-state index contributed by atoms with van der Waals surface area (Å²) in [7, 11) is -0.600. The van der Waals surface area contributed by atoms with Crippen molar-refractivity contribution in [3.63, 3.8) is 0 Å². The molecule has 1 rings (SSSR count). The van der Waals surface area contributed by atoms with Crippen LogP contribution in [0.4, 0.5) is 0 Å². The van der Waals surface area contributed by atoms with E-state index < -0.39 is 10.2 Å². The molecule has 0 saturated heterocycles. The Morgan fingerprint density at radius 2 is 2.17 bits per heavy atom. The van der Waals surface area contributed by atoms with E-state index >= 15 is 0 Å². The summed E-state index contributed by atoms with van der Waals surface area (Å²) in [6.45, 7) is 0.923. The van der Waals surface area contributed by atoms with Gasteiger partial charge < -0.3 is 0 Å². The van der Waals surface area contributed by atoms with Gasteiger partial charge in [-0.2, -0.15) is 10.2 Å². The van der Waals surface area contributed by atoms with Crippen molar-refractivity contribution in [3.05, 3.63) is 30.1 Å². The molecule has 3 heteroatoms. The van der Waals surface area contributed by atoms with Gasteiger partial charge in [-0.05, 0) is 30.4 Å². The van der Waals surface area contributed by atoms with Gasteiger partial charge in [0.25, 0.3) is 0 Å². The second-order valence-electron chi connectivity index (χ2n) is 3.52. The first kappa shape index (κ1) is 9.55. The van der Waals surface area contributed by atoms with E-state index in [1.54, 1.807) is 6.20 Å². The Hall–Kier alpha value is -0.540. The topological polar surface area (TPSA) is 24.9 Å². The average molecular weight is 184 g/mol. The zero-order valence-electron chi connectivity index (χ0n) is 7.87. The Bertz CT molecular complexity index is 228. The first-order valence-corrected chi connectivity index (χ1v) is 6.75. The molecular formula is C9H16N2S. The Balaban J connectivity index is 2.44. The zero-order chi connectivity index (χ0) is 9.03. The van der Waals surface area contributed by atoms with Crippen LogP contribution in [0.3, 0.4) is 0 Å². The van der Waals surface area contributed by atoms with Crippen LogP contribution in [0.5, 0.6) is 0 Å². The first-order chi connectivity index (χ1) is 5.58. The minimum Gasteiger partial charge on any atom is -0.277 e. The lowest BCUT2D eigenvalue weighted by molar-refractivity contribution is 0.953. The van der Waals surface area contributed by atoms with Crippen molar-refractivity contribution in [3.8, 4) is 0 Å². The van der Waals surface area contributed by atoms with E-state index in [-0.39, 0.29) is 0 Å². The summed E-state index contributed by atoms with van der Waals surface area (Å²) >= 11 is 0. The Labute approximate surface area is 75.9 Å². The fraction of sp³-hybridized carbons (Fsp3) is 0.444. The molecule has 68 valence electrons. The van der Waals surface area contributed by atoms with E-state index in [4.69, 9.17) is 0 Å². The van der Waals surface area contributed by atoms with Crippen LogP contribution in [0.15, 0.2) is 24.5 Å². The van der Waals surface area contributed by atoms with Gasteiger partial charge in [-0.1, -0.05) is 6.07 Å². The fourth-order valence-corrected chi connectivity index (χ4v) is 1.40. The number of pyridine rings is 1. The lowest BCUT2D eigenvalue weighted by Crippen LogP contribution is -2.16. The standard InChI is InChI=1S/C9H16N2S/c1-12(2,3)11-8-9-5-4-6-10-7-9/h4-7,11H,8H2,1-3H3. The van der Waals surface area contributed by atoms with E-state index in [0.29, 0.717) is 0 Å². The molecule has 0 aliphatic rings. The summed E-state index contributed by atoms with van der Waals surface area (Å²) in [5, 5.41) is 0. The predicted octanol–water partition coefficient (Wildman–Crippen LogP) is 1.78. The largest absolute Gasteiger partial charge is 0.277 e. The molecule has 1 N–H and O–H groups in total. The van der Waals surface area contributed by atoms with E-state index in [1.165, 1.54) is 5.56 Å². The van der Waals surface area contributed by atoms with Gasteiger partial charge in [-0.25, -0.2) is 0 Å². The highest BCUT2D eigenvalue weighted by Crippen LogP contribution is 2.28. The van der Waals surface area contributed by atoms with E-state index in [1.807, 2.05) is 12.3 Å². The number of rotatable bonds is 3. The lowest BCUT2D eigenvalue weighted by Gasteiger charge is -2.26. The number of nitrogens with one attached hydrogen (secondary N) is 1. The number of aromatic nitrogens is 1. The molecule has 0 fully saturated rings. The van der Waals surface area contributed by atoms with Crippen molar-refractivity contribution in [2.45, 2.75) is 6.54 Å². The van der Waals surface area contributed by atoms with Crippen LogP contribution in [-0.2, 0) is 6.54 Å². The lowest BCUT2D eigenvalue weighted by atomic mass is 10.3. The normalized spacial score (nSPS) is 12.9. The van der Waals surface area contributed by atoms with Gasteiger partial charge in [0.15, 0.2) is 0 Å². The maximum absolute atomic E-state index is 4.05. The molecule has 12 heavy (non-hydrogen) atoms. The highest BCUT2D eigenvalue weighted by molar-refractivity contribution is 8.30. The highest BCUT2D eigenvalue weighted by atomic mass is 32.3. The van der Waals surface area contributed by atoms with Gasteiger partial charge in [0, 0.05) is 18.9 Å². The molecule has 0 spiro atoms. The van der Waals surface area contributed by atoms with Gasteiger partial charge in [0.05, 0.1) is 0 Å². The SMILES string of the molecule is CS(C)(C)NCc1cccnc1. The summed E-state index contributed by atoms with van der Waals surface area (Å²) in [6.07, 6.45) is 10.4. The van der Waals surface area contributed by atoms with Gasteiger partial charge in [-0.15, -0.1) is 0 Å². The molecule has 0 unspecified atom stereocenters. The molecule has 0 aromatic carbocycles. The third-order valence-corrected chi connectivity index (χ3v) is 2.44. The molecule has 0 bridgehead atoms. The summed E-state index contributed by atoms with van der Waals surface area (Å²) in [4.78, 5) is 4.05. The minimum atomic E-state index is -0.600. The molecule has 0 aliphatic heterocycles. The molecule has 0 amide bonds. The van der Waals surface area contributed by atoms with Crippen LogP contribution in [0, 0.1) is 0 Å². The molecular weight excluding hydrogens is 168 g/mol. The predicted molar refractivity (Wildman–Crippen MR) is 56.4 cm³/mol. The van der Waals surface area contributed by atoms with Crippen molar-refractivity contribution in [1.82, 2.24) is 9.71 Å². The van der Waals surface area contributed by atoms with Crippen LogP contribution in [0.25, 0.3) is 0 Å². The second-order valence-corrected chi connectivity index (χ2v) is 7.48. The van der Waals surface area contributed by atoms with Crippen LogP contribution in [-0.4, -0.2) is 23.8 Å². The third-order valence-electron chi connectivity index (χ3n) is 1.43. The third kappa shape index (κ3) is 3.74. The van der Waals surface area contributed by atoms with Crippen LogP contribution >= 0.6 is 10.2 Å². The van der Waals surface area contributed by atoms with Crippen molar-refractivity contribution in [1.29, 1.82) is 0 Å². The number of nitrogens with zero attached hydrogens (tertiary/aromatic N) is 1. The molecule has 1 aromatic heterocycles.